The van der Waals surface area contributed by atoms with Crippen molar-refractivity contribution < 1.29 is 19.7 Å². The van der Waals surface area contributed by atoms with Gasteiger partial charge in [-0.3, -0.25) is 19.6 Å². The molecule has 252 valence electrons. The molecule has 1 aliphatic carbocycles. The molecule has 3 aromatic rings. The lowest BCUT2D eigenvalue weighted by Gasteiger charge is -2.60. The van der Waals surface area contributed by atoms with E-state index < -0.39 is 0 Å². The molecule has 9 rings (SSSR count). The zero-order valence-corrected chi connectivity index (χ0v) is 28.6. The molecule has 0 unspecified atom stereocenters. The molecular weight excluding hydrogens is 600 g/mol. The fourth-order valence-corrected chi connectivity index (χ4v) is 11.6. The monoisotopic (exact) mass is 648 g/mol. The number of aliphatic hydroxyl groups excluding tert-OH is 2. The van der Waals surface area contributed by atoms with Gasteiger partial charge in [-0.15, -0.1) is 0 Å². The number of nitrogens with one attached hydrogen (secondary N) is 1. The number of nitrogens with zero attached hydrogens (tertiary/aromatic N) is 3. The van der Waals surface area contributed by atoms with Crippen LogP contribution in [0.15, 0.2) is 53.0 Å². The highest BCUT2D eigenvalue weighted by Gasteiger charge is 2.62. The highest BCUT2D eigenvalue weighted by atomic mass is 16.5. The van der Waals surface area contributed by atoms with Crippen molar-refractivity contribution in [2.45, 2.75) is 69.5 Å². The summed E-state index contributed by atoms with van der Waals surface area (Å²) < 4.78 is 6.14. The van der Waals surface area contributed by atoms with Crippen LogP contribution in [0.25, 0.3) is 10.9 Å². The number of Topliss-reactive ketones (excluding diaryl/α,β-unsaturated/α-hetero) is 1. The van der Waals surface area contributed by atoms with Gasteiger partial charge in [0.25, 0.3) is 0 Å². The minimum atomic E-state index is -0.279. The van der Waals surface area contributed by atoms with Crippen LogP contribution in [0, 0.1) is 29.6 Å². The van der Waals surface area contributed by atoms with Crippen LogP contribution in [-0.2, 0) is 16.6 Å². The van der Waals surface area contributed by atoms with Crippen LogP contribution in [0.2, 0.25) is 0 Å². The van der Waals surface area contributed by atoms with Crippen molar-refractivity contribution in [1.29, 1.82) is 0 Å². The maximum absolute atomic E-state index is 13.7. The molecule has 0 amide bonds. The number of aromatic amines is 1. The van der Waals surface area contributed by atoms with E-state index in [1.807, 2.05) is 0 Å². The lowest BCUT2D eigenvalue weighted by atomic mass is 9.51. The van der Waals surface area contributed by atoms with Gasteiger partial charge in [0.1, 0.15) is 11.5 Å². The van der Waals surface area contributed by atoms with E-state index in [2.05, 4.69) is 71.2 Å². The van der Waals surface area contributed by atoms with Gasteiger partial charge in [-0.1, -0.05) is 29.8 Å². The number of methoxy groups -OCH3 is 1. The summed E-state index contributed by atoms with van der Waals surface area (Å²) >= 11 is 0. The SMILES string of the molecule is C/C=C1/CN2CC[C@]34C(=Nc5cc(C[C@H](C(C)=O)[C@@H]6C[C@@H]7c8[nH]c9ccccc9c8[C@H](C[C@@H]6CO)N7C)c(OC)cc53)[C@@H]2C[C@@H]1[C@H]4CO. The quantitative estimate of drug-likeness (QED) is 0.286. The third kappa shape index (κ3) is 4.03. The summed E-state index contributed by atoms with van der Waals surface area (Å²) in [5, 5.41) is 23.1. The van der Waals surface area contributed by atoms with Crippen molar-refractivity contribution in [3.05, 3.63) is 70.4 Å². The van der Waals surface area contributed by atoms with E-state index in [1.54, 1.807) is 14.0 Å². The first kappa shape index (κ1) is 30.7. The molecule has 9 atom stereocenters. The standard InChI is InChI=1S/C40H48N4O4/c1-5-22-18-44-11-10-40-29-17-36(48-4)23(13-32(29)42-39(40)35(44)16-28(22)30(40)20-46)12-26(21(2)47)27-15-34-38-37(25-8-6-7-9-31(25)41-38)33(43(34)3)14-24(27)19-45/h5-9,13,17,24,26-28,30,33-35,41,45-46H,10-12,14-16,18-20H2,1-4H3/b22-5-/t24-,26-,27-,28+,30-,33+,34-,35+,40+/m1/s1. The normalized spacial score (nSPS) is 34.9. The number of fused-ring (bicyclic) bond motifs is 9. The minimum Gasteiger partial charge on any atom is -0.496 e. The van der Waals surface area contributed by atoms with Crippen molar-refractivity contribution in [1.82, 2.24) is 14.8 Å². The van der Waals surface area contributed by atoms with Crippen LogP contribution in [0.3, 0.4) is 0 Å². The second kappa shape index (κ2) is 11.1. The van der Waals surface area contributed by atoms with Crippen molar-refractivity contribution in [3.8, 4) is 5.75 Å². The van der Waals surface area contributed by atoms with Crippen LogP contribution in [0.4, 0.5) is 5.69 Å². The molecule has 6 heterocycles. The summed E-state index contributed by atoms with van der Waals surface area (Å²) in [7, 11) is 3.94. The predicted molar refractivity (Wildman–Crippen MR) is 187 cm³/mol. The summed E-state index contributed by atoms with van der Waals surface area (Å²) in [6, 6.07) is 13.6. The summed E-state index contributed by atoms with van der Waals surface area (Å²) in [4.78, 5) is 27.9. The number of aliphatic imine (C=N–C) groups is 1. The average molecular weight is 649 g/mol. The van der Waals surface area contributed by atoms with Gasteiger partial charge in [0.05, 0.1) is 18.8 Å². The van der Waals surface area contributed by atoms with Crippen molar-refractivity contribution in [2.75, 3.05) is 40.5 Å². The van der Waals surface area contributed by atoms with Crippen LogP contribution >= 0.6 is 0 Å². The number of para-hydroxylation sites is 1. The van der Waals surface area contributed by atoms with Crippen molar-refractivity contribution >= 4 is 28.1 Å². The zero-order valence-electron chi connectivity index (χ0n) is 28.6. The van der Waals surface area contributed by atoms with E-state index in [9.17, 15) is 15.0 Å². The van der Waals surface area contributed by atoms with Crippen LogP contribution in [-0.4, -0.2) is 83.0 Å². The smallest absolute Gasteiger partial charge is 0.133 e. The Morgan fingerprint density at radius 3 is 2.73 bits per heavy atom. The van der Waals surface area contributed by atoms with Crippen LogP contribution < -0.4 is 4.74 Å². The first-order chi connectivity index (χ1) is 23.3. The number of allylic oxidation sites excluding steroid dienone is 1. The van der Waals surface area contributed by atoms with Gasteiger partial charge in [0.15, 0.2) is 0 Å². The summed E-state index contributed by atoms with van der Waals surface area (Å²) in [6.45, 7) is 6.04. The second-order valence-corrected chi connectivity index (χ2v) is 15.6. The lowest BCUT2D eigenvalue weighted by molar-refractivity contribution is -0.123. The summed E-state index contributed by atoms with van der Waals surface area (Å²) in [5.74, 6) is 1.20. The van der Waals surface area contributed by atoms with Gasteiger partial charge in [0, 0.05) is 77.9 Å². The molecule has 3 saturated heterocycles. The van der Waals surface area contributed by atoms with E-state index in [0.29, 0.717) is 18.4 Å². The topological polar surface area (TPSA) is 101 Å². The molecule has 0 spiro atoms. The van der Waals surface area contributed by atoms with Gasteiger partial charge in [-0.05, 0) is 106 Å². The van der Waals surface area contributed by atoms with Gasteiger partial charge in [-0.25, -0.2) is 0 Å². The molecule has 8 heteroatoms. The molecule has 5 aliphatic heterocycles. The maximum Gasteiger partial charge on any atom is 0.133 e. The Kier molecular flexibility index (Phi) is 7.11. The fraction of sp³-hybridized carbons (Fsp3) is 0.550. The first-order valence-electron chi connectivity index (χ1n) is 18.1. The molecule has 0 radical (unpaired) electrons. The summed E-state index contributed by atoms with van der Waals surface area (Å²) in [6.07, 6.45) is 6.43. The number of piperidine rings is 2. The van der Waals surface area contributed by atoms with Crippen molar-refractivity contribution in [2.24, 2.45) is 34.6 Å². The number of hydrogen-bond acceptors (Lipinski definition) is 7. The first-order valence-corrected chi connectivity index (χ1v) is 18.1. The largest absolute Gasteiger partial charge is 0.496 e. The Balaban J connectivity index is 1.09. The van der Waals surface area contributed by atoms with Gasteiger partial charge in [0.2, 0.25) is 0 Å². The number of hydrogen-bond donors (Lipinski definition) is 3. The van der Waals surface area contributed by atoms with Gasteiger partial charge < -0.3 is 19.9 Å². The number of aromatic nitrogens is 1. The highest BCUT2D eigenvalue weighted by molar-refractivity contribution is 6.07. The highest BCUT2D eigenvalue weighted by Crippen LogP contribution is 2.61. The summed E-state index contributed by atoms with van der Waals surface area (Å²) in [5.41, 5.74) is 9.39. The zero-order chi connectivity index (χ0) is 33.1. The Labute approximate surface area is 282 Å². The molecule has 4 fully saturated rings. The molecule has 3 N–H and O–H groups in total. The molecule has 1 saturated carbocycles. The molecule has 2 aromatic carbocycles. The molecule has 5 bridgehead atoms. The fourth-order valence-electron chi connectivity index (χ4n) is 11.6. The Hall–Kier alpha value is -3.30. The Bertz CT molecular complexity index is 1880. The van der Waals surface area contributed by atoms with E-state index in [0.717, 1.165) is 61.3 Å². The third-order valence-electron chi connectivity index (χ3n) is 13.9. The molecule has 6 aliphatic rings. The van der Waals surface area contributed by atoms with Crippen LogP contribution in [0.1, 0.15) is 74.0 Å². The number of ether oxygens (including phenoxy) is 1. The van der Waals surface area contributed by atoms with E-state index >= 15 is 0 Å². The molecule has 48 heavy (non-hydrogen) atoms. The Morgan fingerprint density at radius 2 is 1.98 bits per heavy atom. The number of carbonyl (C=O) groups is 1. The van der Waals surface area contributed by atoms with Crippen molar-refractivity contribution in [3.63, 3.8) is 0 Å². The average Bonchev–Trinajstić information content (AvgIpc) is 3.67. The van der Waals surface area contributed by atoms with Crippen LogP contribution in [0.5, 0.6) is 5.75 Å². The number of H-pyrrole nitrogens is 1. The number of rotatable bonds is 7. The van der Waals surface area contributed by atoms with Gasteiger partial charge in [-0.2, -0.15) is 0 Å². The molecule has 8 nitrogen and oxygen atoms in total. The lowest BCUT2D eigenvalue weighted by Crippen LogP contribution is -2.68. The molecule has 1 aromatic heterocycles. The Morgan fingerprint density at radius 1 is 1.15 bits per heavy atom. The maximum atomic E-state index is 13.7. The second-order valence-electron chi connectivity index (χ2n) is 15.6. The van der Waals surface area contributed by atoms with E-state index in [1.165, 1.54) is 33.5 Å². The number of carbonyl (C=O) groups excluding carboxylic acids is 1. The van der Waals surface area contributed by atoms with E-state index in [4.69, 9.17) is 9.73 Å². The number of benzene rings is 2. The van der Waals surface area contributed by atoms with Gasteiger partial charge >= 0.3 is 0 Å². The number of ketones is 1. The predicted octanol–water partition coefficient (Wildman–Crippen LogP) is 5.66. The molecular formula is C40H48N4O4. The number of aliphatic hydroxyl groups is 2. The van der Waals surface area contributed by atoms with E-state index in [-0.39, 0.29) is 60.2 Å². The minimum absolute atomic E-state index is 0.00971. The third-order valence-corrected chi connectivity index (χ3v) is 13.9.